The number of para-hydroxylation sites is 1. The number of hydrogen-bond acceptors (Lipinski definition) is 4. The molecular formula is C15H12N6O. The Morgan fingerprint density at radius 1 is 1.23 bits per heavy atom. The molecule has 0 spiro atoms. The first-order valence-electron chi connectivity index (χ1n) is 6.53. The van der Waals surface area contributed by atoms with Crippen LogP contribution in [0.2, 0.25) is 0 Å². The normalized spacial score (nSPS) is 10.2. The van der Waals surface area contributed by atoms with Crippen molar-refractivity contribution in [1.82, 2.24) is 19.6 Å². The number of hydrogen-bond donors (Lipinski definition) is 1. The lowest BCUT2D eigenvalue weighted by molar-refractivity contribution is 0.101. The number of nitrogens with one attached hydrogen (secondary N) is 1. The number of rotatable bonds is 3. The smallest absolute Gasteiger partial charge is 0.275 e. The van der Waals surface area contributed by atoms with Gasteiger partial charge in [0.15, 0.2) is 5.82 Å². The molecule has 0 fully saturated rings. The summed E-state index contributed by atoms with van der Waals surface area (Å²) in [6.07, 6.45) is 2.96. The highest BCUT2D eigenvalue weighted by Crippen LogP contribution is 2.20. The molecule has 0 radical (unpaired) electrons. The van der Waals surface area contributed by atoms with Gasteiger partial charge in [-0.15, -0.1) is 0 Å². The molecule has 108 valence electrons. The molecule has 1 N–H and O–H groups in total. The molecule has 0 bridgehead atoms. The van der Waals surface area contributed by atoms with E-state index in [2.05, 4.69) is 15.5 Å². The summed E-state index contributed by atoms with van der Waals surface area (Å²) in [7, 11) is 1.68. The molecule has 0 unspecified atom stereocenters. The van der Waals surface area contributed by atoms with Gasteiger partial charge in [0.25, 0.3) is 5.91 Å². The molecule has 0 aliphatic heterocycles. The predicted octanol–water partition coefficient (Wildman–Crippen LogP) is 1.73. The lowest BCUT2D eigenvalue weighted by Gasteiger charge is -2.09. The molecule has 3 rings (SSSR count). The minimum Gasteiger partial charge on any atom is -0.304 e. The Labute approximate surface area is 126 Å². The average Bonchev–Trinajstić information content (AvgIpc) is 3.14. The summed E-state index contributed by atoms with van der Waals surface area (Å²) in [5.41, 5.74) is 1.44. The van der Waals surface area contributed by atoms with Crippen molar-refractivity contribution in [2.24, 2.45) is 7.05 Å². The maximum Gasteiger partial charge on any atom is 0.275 e. The molecule has 22 heavy (non-hydrogen) atoms. The standard InChI is InChI=1S/C15H12N6O/c1-20-13(7-8-17-20)15(22)19-14-11(9-16)10-18-21(14)12-5-3-2-4-6-12/h2-8,10H,1H3,(H,19,22). The van der Waals surface area contributed by atoms with Crippen molar-refractivity contribution in [1.29, 1.82) is 5.26 Å². The zero-order valence-electron chi connectivity index (χ0n) is 11.8. The van der Waals surface area contributed by atoms with E-state index >= 15 is 0 Å². The second kappa shape index (κ2) is 5.54. The molecule has 0 saturated heterocycles. The summed E-state index contributed by atoms with van der Waals surface area (Å²) in [6, 6.07) is 12.9. The lowest BCUT2D eigenvalue weighted by Crippen LogP contribution is -2.19. The fourth-order valence-electron chi connectivity index (χ4n) is 2.08. The first-order valence-corrected chi connectivity index (χ1v) is 6.53. The van der Waals surface area contributed by atoms with Gasteiger partial charge < -0.3 is 5.32 Å². The monoisotopic (exact) mass is 292 g/mol. The fraction of sp³-hybridized carbons (Fsp3) is 0.0667. The van der Waals surface area contributed by atoms with Gasteiger partial charge in [0, 0.05) is 13.2 Å². The van der Waals surface area contributed by atoms with Gasteiger partial charge in [0.05, 0.1) is 11.9 Å². The lowest BCUT2D eigenvalue weighted by atomic mass is 10.3. The third-order valence-electron chi connectivity index (χ3n) is 3.18. The van der Waals surface area contributed by atoms with Crippen molar-refractivity contribution in [2.45, 2.75) is 0 Å². The molecule has 0 aliphatic carbocycles. The van der Waals surface area contributed by atoms with E-state index < -0.39 is 0 Å². The van der Waals surface area contributed by atoms with Gasteiger partial charge >= 0.3 is 0 Å². The number of amides is 1. The number of carbonyl (C=O) groups is 1. The van der Waals surface area contributed by atoms with Crippen molar-refractivity contribution in [3.63, 3.8) is 0 Å². The molecule has 2 aromatic heterocycles. The van der Waals surface area contributed by atoms with Crippen LogP contribution in [0, 0.1) is 11.3 Å². The molecule has 7 nitrogen and oxygen atoms in total. The number of nitriles is 1. The molecule has 0 atom stereocenters. The number of carbonyl (C=O) groups excluding carboxylic acids is 1. The number of aromatic nitrogens is 4. The maximum atomic E-state index is 12.3. The Kier molecular flexibility index (Phi) is 3.42. The van der Waals surface area contributed by atoms with Crippen LogP contribution in [0.15, 0.2) is 48.8 Å². The number of anilines is 1. The van der Waals surface area contributed by atoms with E-state index in [9.17, 15) is 10.1 Å². The van der Waals surface area contributed by atoms with Crippen LogP contribution >= 0.6 is 0 Å². The van der Waals surface area contributed by atoms with E-state index in [1.54, 1.807) is 13.1 Å². The topological polar surface area (TPSA) is 88.5 Å². The van der Waals surface area contributed by atoms with Gasteiger partial charge in [-0.25, -0.2) is 4.68 Å². The Bertz CT molecular complexity index is 856. The Morgan fingerprint density at radius 2 is 2.00 bits per heavy atom. The van der Waals surface area contributed by atoms with Crippen molar-refractivity contribution in [3.05, 3.63) is 60.0 Å². The van der Waals surface area contributed by atoms with Crippen molar-refractivity contribution in [3.8, 4) is 11.8 Å². The number of benzene rings is 1. The number of aryl methyl sites for hydroxylation is 1. The highest BCUT2D eigenvalue weighted by atomic mass is 16.2. The highest BCUT2D eigenvalue weighted by Gasteiger charge is 2.17. The van der Waals surface area contributed by atoms with Crippen LogP contribution < -0.4 is 5.32 Å². The van der Waals surface area contributed by atoms with Crippen molar-refractivity contribution >= 4 is 11.7 Å². The summed E-state index contributed by atoms with van der Waals surface area (Å²) in [5.74, 6) is -0.0194. The average molecular weight is 292 g/mol. The zero-order chi connectivity index (χ0) is 15.5. The predicted molar refractivity (Wildman–Crippen MR) is 79.4 cm³/mol. The van der Waals surface area contributed by atoms with Crippen LogP contribution in [0.3, 0.4) is 0 Å². The second-order valence-corrected chi connectivity index (χ2v) is 4.56. The van der Waals surface area contributed by atoms with E-state index in [4.69, 9.17) is 0 Å². The van der Waals surface area contributed by atoms with E-state index in [0.29, 0.717) is 17.1 Å². The Morgan fingerprint density at radius 3 is 2.64 bits per heavy atom. The quantitative estimate of drug-likeness (QED) is 0.796. The largest absolute Gasteiger partial charge is 0.304 e. The Balaban J connectivity index is 2.00. The van der Waals surface area contributed by atoms with Crippen molar-refractivity contribution < 1.29 is 4.79 Å². The maximum absolute atomic E-state index is 12.3. The van der Waals surface area contributed by atoms with E-state index in [1.165, 1.54) is 21.8 Å². The van der Waals surface area contributed by atoms with E-state index in [0.717, 1.165) is 5.69 Å². The van der Waals surface area contributed by atoms with Gasteiger partial charge in [0.2, 0.25) is 0 Å². The van der Waals surface area contributed by atoms with Crippen LogP contribution in [0.5, 0.6) is 0 Å². The summed E-state index contributed by atoms with van der Waals surface area (Å²) >= 11 is 0. The van der Waals surface area contributed by atoms with Gasteiger partial charge in [-0.05, 0) is 18.2 Å². The van der Waals surface area contributed by atoms with Crippen LogP contribution in [0.4, 0.5) is 5.82 Å². The minimum atomic E-state index is -0.353. The van der Waals surface area contributed by atoms with Gasteiger partial charge in [-0.3, -0.25) is 9.48 Å². The van der Waals surface area contributed by atoms with Gasteiger partial charge in [-0.2, -0.15) is 15.5 Å². The molecule has 0 aliphatic rings. The molecule has 0 saturated carbocycles. The molecule has 2 heterocycles. The fourth-order valence-corrected chi connectivity index (χ4v) is 2.08. The molecule has 7 heteroatoms. The van der Waals surface area contributed by atoms with Gasteiger partial charge in [0.1, 0.15) is 17.3 Å². The van der Waals surface area contributed by atoms with Crippen LogP contribution in [0.25, 0.3) is 5.69 Å². The molecule has 1 amide bonds. The summed E-state index contributed by atoms with van der Waals surface area (Å²) in [6.45, 7) is 0. The SMILES string of the molecule is Cn1nccc1C(=O)Nc1c(C#N)cnn1-c1ccccc1. The van der Waals surface area contributed by atoms with Crippen LogP contribution in [-0.4, -0.2) is 25.5 Å². The summed E-state index contributed by atoms with van der Waals surface area (Å²) < 4.78 is 2.98. The van der Waals surface area contributed by atoms with Crippen LogP contribution in [0.1, 0.15) is 16.1 Å². The minimum absolute atomic E-state index is 0.291. The Hall–Kier alpha value is -3.40. The highest BCUT2D eigenvalue weighted by molar-refractivity contribution is 6.03. The second-order valence-electron chi connectivity index (χ2n) is 4.56. The van der Waals surface area contributed by atoms with Crippen LogP contribution in [-0.2, 0) is 7.05 Å². The van der Waals surface area contributed by atoms with E-state index in [1.807, 2.05) is 36.4 Å². The van der Waals surface area contributed by atoms with E-state index in [-0.39, 0.29) is 5.91 Å². The first-order chi connectivity index (χ1) is 10.7. The summed E-state index contributed by atoms with van der Waals surface area (Å²) in [5, 5.41) is 20.1. The molecular weight excluding hydrogens is 280 g/mol. The zero-order valence-corrected chi connectivity index (χ0v) is 11.8. The third-order valence-corrected chi connectivity index (χ3v) is 3.18. The summed E-state index contributed by atoms with van der Waals surface area (Å²) in [4.78, 5) is 12.3. The van der Waals surface area contributed by atoms with Crippen molar-refractivity contribution in [2.75, 3.05) is 5.32 Å². The molecule has 1 aromatic carbocycles. The third kappa shape index (κ3) is 2.33. The molecule has 3 aromatic rings. The number of nitrogens with zero attached hydrogens (tertiary/aromatic N) is 5. The first kappa shape index (κ1) is 13.6. The van der Waals surface area contributed by atoms with Gasteiger partial charge in [-0.1, -0.05) is 18.2 Å².